The smallest absolute Gasteiger partial charge is 0.337 e. The Labute approximate surface area is 133 Å². The molecule has 1 aliphatic heterocycles. The van der Waals surface area contributed by atoms with Gasteiger partial charge in [0, 0.05) is 17.5 Å². The van der Waals surface area contributed by atoms with Gasteiger partial charge in [0.15, 0.2) is 0 Å². The molecule has 3 rings (SSSR count). The maximum absolute atomic E-state index is 11.5. The van der Waals surface area contributed by atoms with E-state index in [2.05, 4.69) is 10.5 Å². The zero-order valence-electron chi connectivity index (χ0n) is 12.0. The highest BCUT2D eigenvalue weighted by Crippen LogP contribution is 2.25. The number of nitrogens with zero attached hydrogens (tertiary/aromatic N) is 1. The fourth-order valence-corrected chi connectivity index (χ4v) is 2.65. The van der Waals surface area contributed by atoms with E-state index in [1.807, 2.05) is 36.4 Å². The molecule has 0 saturated heterocycles. The van der Waals surface area contributed by atoms with Crippen LogP contribution in [0.15, 0.2) is 53.6 Å². The van der Waals surface area contributed by atoms with Crippen molar-refractivity contribution in [3.8, 4) is 0 Å². The molecule has 1 N–H and O–H groups in total. The second kappa shape index (κ2) is 6.20. The van der Waals surface area contributed by atoms with E-state index in [0.29, 0.717) is 10.6 Å². The highest BCUT2D eigenvalue weighted by Gasteiger charge is 2.24. The molecular formula is C17H15ClN2O2. The van der Waals surface area contributed by atoms with Crippen LogP contribution in [0.2, 0.25) is 5.02 Å². The lowest BCUT2D eigenvalue weighted by Gasteiger charge is -2.13. The predicted molar refractivity (Wildman–Crippen MR) is 86.5 cm³/mol. The van der Waals surface area contributed by atoms with Gasteiger partial charge in [-0.25, -0.2) is 4.79 Å². The van der Waals surface area contributed by atoms with Crippen molar-refractivity contribution in [1.29, 1.82) is 0 Å². The van der Waals surface area contributed by atoms with Gasteiger partial charge in [-0.3, -0.25) is 0 Å². The number of methoxy groups -OCH3 is 1. The normalized spacial score (nSPS) is 16.8. The molecule has 0 spiro atoms. The van der Waals surface area contributed by atoms with Crippen molar-refractivity contribution >= 4 is 23.3 Å². The van der Waals surface area contributed by atoms with Gasteiger partial charge in [0.1, 0.15) is 0 Å². The van der Waals surface area contributed by atoms with Crippen LogP contribution in [0.3, 0.4) is 0 Å². The lowest BCUT2D eigenvalue weighted by Crippen LogP contribution is -2.14. The third-order valence-corrected chi connectivity index (χ3v) is 3.95. The van der Waals surface area contributed by atoms with Crippen molar-refractivity contribution in [2.24, 2.45) is 5.10 Å². The molecule has 112 valence electrons. The first-order valence-electron chi connectivity index (χ1n) is 6.93. The first-order valence-corrected chi connectivity index (χ1v) is 7.31. The van der Waals surface area contributed by atoms with Gasteiger partial charge in [-0.2, -0.15) is 5.10 Å². The molecule has 0 fully saturated rings. The van der Waals surface area contributed by atoms with Crippen LogP contribution in [0, 0.1) is 0 Å². The zero-order chi connectivity index (χ0) is 15.5. The van der Waals surface area contributed by atoms with Gasteiger partial charge < -0.3 is 10.2 Å². The number of hydrogen-bond donors (Lipinski definition) is 1. The van der Waals surface area contributed by atoms with Crippen molar-refractivity contribution in [2.75, 3.05) is 13.7 Å². The molecular weight excluding hydrogens is 300 g/mol. The van der Waals surface area contributed by atoms with Crippen LogP contribution in [-0.4, -0.2) is 25.3 Å². The van der Waals surface area contributed by atoms with E-state index in [0.717, 1.165) is 23.4 Å². The summed E-state index contributed by atoms with van der Waals surface area (Å²) in [7, 11) is 1.38. The van der Waals surface area contributed by atoms with Gasteiger partial charge in [-0.05, 0) is 35.4 Å². The largest absolute Gasteiger partial charge is 0.465 e. The third-order valence-electron chi connectivity index (χ3n) is 3.70. The van der Waals surface area contributed by atoms with E-state index < -0.39 is 0 Å². The Morgan fingerprint density at radius 3 is 2.50 bits per heavy atom. The Morgan fingerprint density at radius 2 is 1.86 bits per heavy atom. The maximum atomic E-state index is 11.5. The van der Waals surface area contributed by atoms with E-state index in [9.17, 15) is 4.79 Å². The zero-order valence-corrected chi connectivity index (χ0v) is 12.8. The summed E-state index contributed by atoms with van der Waals surface area (Å²) >= 11 is 5.93. The monoisotopic (exact) mass is 314 g/mol. The van der Waals surface area contributed by atoms with E-state index in [1.54, 1.807) is 12.1 Å². The molecule has 1 atom stereocenters. The fourth-order valence-electron chi connectivity index (χ4n) is 2.53. The minimum absolute atomic E-state index is 0.146. The summed E-state index contributed by atoms with van der Waals surface area (Å²) in [6.07, 6.45) is 0. The number of carbonyl (C=O) groups excluding carboxylic acids is 1. The fraction of sp³-hybridized carbons (Fsp3) is 0.176. The van der Waals surface area contributed by atoms with Crippen molar-refractivity contribution in [3.63, 3.8) is 0 Å². The molecule has 1 aliphatic rings. The number of hydrazone groups is 1. The molecule has 0 aliphatic carbocycles. The molecule has 1 heterocycles. The second-order valence-electron chi connectivity index (χ2n) is 5.03. The van der Waals surface area contributed by atoms with Crippen LogP contribution < -0.4 is 5.43 Å². The van der Waals surface area contributed by atoms with Gasteiger partial charge in [0.05, 0.1) is 18.4 Å². The summed E-state index contributed by atoms with van der Waals surface area (Å²) in [5.74, 6) is -0.185. The number of benzene rings is 2. The number of halogens is 1. The average molecular weight is 315 g/mol. The van der Waals surface area contributed by atoms with Crippen LogP contribution in [0.4, 0.5) is 0 Å². The Balaban J connectivity index is 1.86. The van der Waals surface area contributed by atoms with Crippen LogP contribution in [-0.2, 0) is 4.74 Å². The summed E-state index contributed by atoms with van der Waals surface area (Å²) in [5.41, 5.74) is 6.71. The van der Waals surface area contributed by atoms with Gasteiger partial charge >= 0.3 is 5.97 Å². The first kappa shape index (κ1) is 14.6. The summed E-state index contributed by atoms with van der Waals surface area (Å²) in [6, 6.07) is 15.1. The van der Waals surface area contributed by atoms with Crippen molar-refractivity contribution in [2.45, 2.75) is 5.92 Å². The molecule has 4 nitrogen and oxygen atoms in total. The second-order valence-corrected chi connectivity index (χ2v) is 5.47. The standard InChI is InChI=1S/C17H15ClN2O2/c1-22-17(21)13-4-2-11(3-5-13)15-10-19-20-16(15)12-6-8-14(18)9-7-12/h2-9,15,19H,10H2,1H3. The number of esters is 1. The van der Waals surface area contributed by atoms with Crippen molar-refractivity contribution in [3.05, 3.63) is 70.2 Å². The first-order chi connectivity index (χ1) is 10.7. The Kier molecular flexibility index (Phi) is 4.11. The molecule has 1 unspecified atom stereocenters. The van der Waals surface area contributed by atoms with Crippen LogP contribution >= 0.6 is 11.6 Å². The van der Waals surface area contributed by atoms with Crippen LogP contribution in [0.5, 0.6) is 0 Å². The number of nitrogens with one attached hydrogen (secondary N) is 1. The van der Waals surface area contributed by atoms with Gasteiger partial charge in [-0.15, -0.1) is 0 Å². The lowest BCUT2D eigenvalue weighted by atomic mass is 9.90. The summed E-state index contributed by atoms with van der Waals surface area (Å²) < 4.78 is 4.72. The molecule has 5 heteroatoms. The van der Waals surface area contributed by atoms with Crippen molar-refractivity contribution < 1.29 is 9.53 Å². The maximum Gasteiger partial charge on any atom is 0.337 e. The Bertz CT molecular complexity index is 708. The lowest BCUT2D eigenvalue weighted by molar-refractivity contribution is 0.0600. The van der Waals surface area contributed by atoms with E-state index >= 15 is 0 Å². The Morgan fingerprint density at radius 1 is 1.18 bits per heavy atom. The molecule has 2 aromatic carbocycles. The third kappa shape index (κ3) is 2.83. The number of rotatable bonds is 3. The average Bonchev–Trinajstić information content (AvgIpc) is 3.04. The van der Waals surface area contributed by atoms with E-state index in [-0.39, 0.29) is 11.9 Å². The molecule has 0 radical (unpaired) electrons. The summed E-state index contributed by atoms with van der Waals surface area (Å²) in [6.45, 7) is 0.732. The van der Waals surface area contributed by atoms with Crippen molar-refractivity contribution in [1.82, 2.24) is 5.43 Å². The highest BCUT2D eigenvalue weighted by molar-refractivity contribution is 6.30. The number of carbonyl (C=O) groups is 1. The van der Waals surface area contributed by atoms with Crippen LogP contribution in [0.1, 0.15) is 27.4 Å². The minimum atomic E-state index is -0.331. The minimum Gasteiger partial charge on any atom is -0.465 e. The molecule has 22 heavy (non-hydrogen) atoms. The van der Waals surface area contributed by atoms with E-state index in [4.69, 9.17) is 16.3 Å². The topological polar surface area (TPSA) is 50.7 Å². The van der Waals surface area contributed by atoms with Crippen LogP contribution in [0.25, 0.3) is 0 Å². The molecule has 0 saturated carbocycles. The van der Waals surface area contributed by atoms with Gasteiger partial charge in [0.25, 0.3) is 0 Å². The van der Waals surface area contributed by atoms with Gasteiger partial charge in [0.2, 0.25) is 0 Å². The quantitative estimate of drug-likeness (QED) is 0.885. The SMILES string of the molecule is COC(=O)c1ccc(C2CNN=C2c2ccc(Cl)cc2)cc1. The molecule has 2 aromatic rings. The summed E-state index contributed by atoms with van der Waals surface area (Å²) in [4.78, 5) is 11.5. The van der Waals surface area contributed by atoms with E-state index in [1.165, 1.54) is 7.11 Å². The Hall–Kier alpha value is -2.33. The summed E-state index contributed by atoms with van der Waals surface area (Å²) in [5, 5.41) is 5.10. The number of hydrogen-bond acceptors (Lipinski definition) is 4. The highest BCUT2D eigenvalue weighted by atomic mass is 35.5. The predicted octanol–water partition coefficient (Wildman–Crippen LogP) is 3.22. The molecule has 0 aromatic heterocycles. The molecule has 0 bridgehead atoms. The number of ether oxygens (including phenoxy) is 1. The van der Waals surface area contributed by atoms with Gasteiger partial charge in [-0.1, -0.05) is 35.9 Å². The molecule has 0 amide bonds.